The topological polar surface area (TPSA) is 38.7 Å². The van der Waals surface area contributed by atoms with E-state index in [4.69, 9.17) is 9.47 Å². The molecular weight excluding hydrogens is 264 g/mol. The summed E-state index contributed by atoms with van der Waals surface area (Å²) in [5.41, 5.74) is 3.17. The molecule has 0 radical (unpaired) electrons. The van der Waals surface area contributed by atoms with Gasteiger partial charge in [0.1, 0.15) is 17.1 Å². The van der Waals surface area contributed by atoms with Crippen LogP contribution in [0.2, 0.25) is 0 Å². The first-order valence-corrected chi connectivity index (χ1v) is 7.13. The van der Waals surface area contributed by atoms with Gasteiger partial charge in [-0.05, 0) is 66.3 Å². The first-order chi connectivity index (χ1) is 10.1. The average Bonchev–Trinajstić information content (AvgIpc) is 2.84. The van der Waals surface area contributed by atoms with Crippen LogP contribution in [0.3, 0.4) is 0 Å². The Labute approximate surface area is 125 Å². The molecule has 21 heavy (non-hydrogen) atoms. The van der Waals surface area contributed by atoms with Crippen molar-refractivity contribution < 1.29 is 14.6 Å². The van der Waals surface area contributed by atoms with Gasteiger partial charge >= 0.3 is 0 Å². The molecule has 3 nitrogen and oxygen atoms in total. The Morgan fingerprint density at radius 3 is 2.29 bits per heavy atom. The van der Waals surface area contributed by atoms with Crippen molar-refractivity contribution in [3.05, 3.63) is 58.7 Å². The van der Waals surface area contributed by atoms with E-state index in [1.54, 1.807) is 14.2 Å². The fourth-order valence-corrected chi connectivity index (χ4v) is 3.24. The Morgan fingerprint density at radius 2 is 1.62 bits per heavy atom. The van der Waals surface area contributed by atoms with Gasteiger partial charge in [0, 0.05) is 0 Å². The fourth-order valence-electron chi connectivity index (χ4n) is 3.24. The number of methoxy groups -OCH3 is 2. The Balaban J connectivity index is 2.12. The monoisotopic (exact) mass is 284 g/mol. The van der Waals surface area contributed by atoms with Crippen molar-refractivity contribution in [2.75, 3.05) is 14.2 Å². The number of hydrogen-bond acceptors (Lipinski definition) is 3. The van der Waals surface area contributed by atoms with E-state index in [9.17, 15) is 5.11 Å². The van der Waals surface area contributed by atoms with Crippen LogP contribution in [-0.4, -0.2) is 19.3 Å². The van der Waals surface area contributed by atoms with Gasteiger partial charge in [0.05, 0.1) is 14.2 Å². The first kappa shape index (κ1) is 14.0. The highest BCUT2D eigenvalue weighted by Crippen LogP contribution is 2.44. The van der Waals surface area contributed by atoms with Crippen molar-refractivity contribution in [3.63, 3.8) is 0 Å². The molecule has 2 aromatic rings. The molecule has 1 atom stereocenters. The molecule has 0 saturated carbocycles. The molecule has 0 saturated heterocycles. The third-order valence-electron chi connectivity index (χ3n) is 4.40. The highest BCUT2D eigenvalue weighted by Gasteiger charge is 2.39. The molecule has 2 aromatic carbocycles. The van der Waals surface area contributed by atoms with Crippen LogP contribution in [-0.2, 0) is 12.0 Å². The van der Waals surface area contributed by atoms with E-state index in [0.717, 1.165) is 34.6 Å². The molecule has 0 spiro atoms. The second kappa shape index (κ2) is 5.08. The van der Waals surface area contributed by atoms with Gasteiger partial charge in [-0.1, -0.05) is 12.1 Å². The second-order valence-electron chi connectivity index (χ2n) is 5.56. The standard InChI is InChI=1S/C18H20O3/c1-12-10-14(20-2)6-7-16(12)18(19)9-8-13-4-5-15(21-3)11-17(13)18/h4-7,10-11,19H,8-9H2,1-3H3. The molecule has 0 heterocycles. The Bertz CT molecular complexity index is 678. The summed E-state index contributed by atoms with van der Waals surface area (Å²) in [6, 6.07) is 11.8. The smallest absolute Gasteiger partial charge is 0.119 e. The van der Waals surface area contributed by atoms with Gasteiger partial charge in [-0.15, -0.1) is 0 Å². The van der Waals surface area contributed by atoms with E-state index in [1.807, 2.05) is 43.3 Å². The fraction of sp³-hybridized carbons (Fsp3) is 0.333. The van der Waals surface area contributed by atoms with Gasteiger partial charge in [-0.25, -0.2) is 0 Å². The molecule has 0 fully saturated rings. The molecule has 0 aliphatic heterocycles. The minimum absolute atomic E-state index is 0.697. The lowest BCUT2D eigenvalue weighted by Gasteiger charge is -2.27. The zero-order valence-electron chi connectivity index (χ0n) is 12.6. The molecule has 1 aliphatic carbocycles. The van der Waals surface area contributed by atoms with Crippen LogP contribution in [0.1, 0.15) is 28.7 Å². The van der Waals surface area contributed by atoms with Crippen LogP contribution in [0.25, 0.3) is 0 Å². The summed E-state index contributed by atoms with van der Waals surface area (Å²) >= 11 is 0. The summed E-state index contributed by atoms with van der Waals surface area (Å²) in [5, 5.41) is 11.3. The van der Waals surface area contributed by atoms with E-state index in [1.165, 1.54) is 5.56 Å². The second-order valence-corrected chi connectivity index (χ2v) is 5.56. The third kappa shape index (κ3) is 2.18. The number of hydrogen-bond donors (Lipinski definition) is 1. The third-order valence-corrected chi connectivity index (χ3v) is 4.40. The van der Waals surface area contributed by atoms with Gasteiger partial charge < -0.3 is 14.6 Å². The van der Waals surface area contributed by atoms with Gasteiger partial charge in [0.2, 0.25) is 0 Å². The van der Waals surface area contributed by atoms with Crippen molar-refractivity contribution in [2.45, 2.75) is 25.4 Å². The minimum Gasteiger partial charge on any atom is -0.497 e. The Hall–Kier alpha value is -2.00. The summed E-state index contributed by atoms with van der Waals surface area (Å²) in [6.07, 6.45) is 1.57. The van der Waals surface area contributed by atoms with Crippen LogP contribution in [0.15, 0.2) is 36.4 Å². The number of aliphatic hydroxyl groups is 1. The van der Waals surface area contributed by atoms with Crippen LogP contribution >= 0.6 is 0 Å². The normalized spacial score (nSPS) is 20.2. The highest BCUT2D eigenvalue weighted by atomic mass is 16.5. The zero-order chi connectivity index (χ0) is 15.0. The molecule has 0 bridgehead atoms. The molecule has 1 N–H and O–H groups in total. The largest absolute Gasteiger partial charge is 0.497 e. The summed E-state index contributed by atoms with van der Waals surface area (Å²) in [6.45, 7) is 2.01. The van der Waals surface area contributed by atoms with E-state index in [0.29, 0.717) is 6.42 Å². The van der Waals surface area contributed by atoms with Gasteiger partial charge in [-0.2, -0.15) is 0 Å². The predicted octanol–water partition coefficient (Wildman–Crippen LogP) is 3.19. The number of benzene rings is 2. The number of aryl methyl sites for hydroxylation is 2. The van der Waals surface area contributed by atoms with E-state index in [-0.39, 0.29) is 0 Å². The van der Waals surface area contributed by atoms with Crippen molar-refractivity contribution in [3.8, 4) is 11.5 Å². The molecule has 1 aliphatic rings. The summed E-state index contributed by atoms with van der Waals surface area (Å²) in [7, 11) is 3.30. The summed E-state index contributed by atoms with van der Waals surface area (Å²) in [4.78, 5) is 0. The Morgan fingerprint density at radius 1 is 0.952 bits per heavy atom. The van der Waals surface area contributed by atoms with Crippen LogP contribution < -0.4 is 9.47 Å². The summed E-state index contributed by atoms with van der Waals surface area (Å²) < 4.78 is 10.6. The first-order valence-electron chi connectivity index (χ1n) is 7.13. The maximum absolute atomic E-state index is 11.3. The number of ether oxygens (including phenoxy) is 2. The van der Waals surface area contributed by atoms with Crippen LogP contribution in [0, 0.1) is 6.92 Å². The maximum Gasteiger partial charge on any atom is 0.119 e. The molecule has 1 unspecified atom stereocenters. The van der Waals surface area contributed by atoms with Gasteiger partial charge in [0.25, 0.3) is 0 Å². The minimum atomic E-state index is -0.944. The maximum atomic E-state index is 11.3. The van der Waals surface area contributed by atoms with E-state index in [2.05, 4.69) is 0 Å². The van der Waals surface area contributed by atoms with Gasteiger partial charge in [-0.3, -0.25) is 0 Å². The molecule has 3 heteroatoms. The molecule has 0 amide bonds. The SMILES string of the molecule is COc1ccc(C2(O)CCc3ccc(OC)cc32)c(C)c1. The van der Waals surface area contributed by atoms with Crippen LogP contribution in [0.4, 0.5) is 0 Å². The van der Waals surface area contributed by atoms with Crippen molar-refractivity contribution in [1.29, 1.82) is 0 Å². The number of rotatable bonds is 3. The van der Waals surface area contributed by atoms with Crippen LogP contribution in [0.5, 0.6) is 11.5 Å². The van der Waals surface area contributed by atoms with Crippen molar-refractivity contribution in [1.82, 2.24) is 0 Å². The quantitative estimate of drug-likeness (QED) is 0.940. The molecule has 0 aromatic heterocycles. The zero-order valence-corrected chi connectivity index (χ0v) is 12.6. The Kier molecular flexibility index (Phi) is 3.38. The predicted molar refractivity (Wildman–Crippen MR) is 82.0 cm³/mol. The number of fused-ring (bicyclic) bond motifs is 1. The van der Waals surface area contributed by atoms with Crippen molar-refractivity contribution in [2.24, 2.45) is 0 Å². The lowest BCUT2D eigenvalue weighted by atomic mass is 9.85. The highest BCUT2D eigenvalue weighted by molar-refractivity contribution is 5.51. The average molecular weight is 284 g/mol. The lowest BCUT2D eigenvalue weighted by molar-refractivity contribution is 0.0820. The van der Waals surface area contributed by atoms with E-state index >= 15 is 0 Å². The lowest BCUT2D eigenvalue weighted by Crippen LogP contribution is -2.25. The van der Waals surface area contributed by atoms with Gasteiger partial charge in [0.15, 0.2) is 0 Å². The molecular formula is C18H20O3. The van der Waals surface area contributed by atoms with Crippen molar-refractivity contribution >= 4 is 0 Å². The molecule has 3 rings (SSSR count). The summed E-state index contributed by atoms with van der Waals surface area (Å²) in [5.74, 6) is 1.59. The molecule has 110 valence electrons. The van der Waals surface area contributed by atoms with E-state index < -0.39 is 5.60 Å².